The molecule has 1 unspecified atom stereocenters. The van der Waals surface area contributed by atoms with E-state index in [0.717, 1.165) is 17.8 Å². The average molecular weight is 334 g/mol. The first kappa shape index (κ1) is 18.7. The van der Waals surface area contributed by atoms with Crippen molar-refractivity contribution in [3.05, 3.63) is 22.9 Å². The summed E-state index contributed by atoms with van der Waals surface area (Å²) in [6, 6.07) is 2.40. The summed E-state index contributed by atoms with van der Waals surface area (Å²) < 4.78 is 44.1. The van der Waals surface area contributed by atoms with Crippen LogP contribution >= 0.6 is 11.8 Å². The van der Waals surface area contributed by atoms with Gasteiger partial charge in [-0.1, -0.05) is 0 Å². The Hall–Kier alpha value is -1.30. The molecule has 1 atom stereocenters. The minimum absolute atomic E-state index is 0.0292. The van der Waals surface area contributed by atoms with Crippen LogP contribution in [0.4, 0.5) is 13.2 Å². The zero-order valence-corrected chi connectivity index (χ0v) is 13.3. The molecule has 0 fully saturated rings. The van der Waals surface area contributed by atoms with Gasteiger partial charge in [0.2, 0.25) is 0 Å². The van der Waals surface area contributed by atoms with Crippen LogP contribution in [0, 0.1) is 18.3 Å². The van der Waals surface area contributed by atoms with Gasteiger partial charge >= 0.3 is 6.18 Å². The number of alkyl halides is 3. The normalized spacial score (nSPS) is 13.2. The Morgan fingerprint density at radius 3 is 2.59 bits per heavy atom. The number of aliphatic hydroxyl groups excluding tert-OH is 1. The summed E-state index contributed by atoms with van der Waals surface area (Å²) in [4.78, 5) is 3.97. The largest absolute Gasteiger partial charge is 0.417 e. The average Bonchev–Trinajstić information content (AvgIpc) is 2.41. The molecule has 0 aliphatic heterocycles. The molecule has 22 heavy (non-hydrogen) atoms. The van der Waals surface area contributed by atoms with Crippen molar-refractivity contribution in [2.75, 3.05) is 12.4 Å². The predicted molar refractivity (Wildman–Crippen MR) is 76.5 cm³/mol. The summed E-state index contributed by atoms with van der Waals surface area (Å²) in [7, 11) is 0. The smallest absolute Gasteiger partial charge is 0.390 e. The number of halogens is 3. The molecule has 1 N–H and O–H groups in total. The van der Waals surface area contributed by atoms with Crippen LogP contribution < -0.4 is 0 Å². The third-order valence-corrected chi connectivity index (χ3v) is 3.69. The summed E-state index contributed by atoms with van der Waals surface area (Å²) in [5.74, 6) is 0.0924. The van der Waals surface area contributed by atoms with Crippen molar-refractivity contribution in [3.63, 3.8) is 0 Å². The number of thioether (sulfide) groups is 1. The first-order chi connectivity index (χ1) is 10.1. The highest BCUT2D eigenvalue weighted by Crippen LogP contribution is 2.35. The minimum Gasteiger partial charge on any atom is -0.390 e. The fourth-order valence-electron chi connectivity index (χ4n) is 1.61. The Morgan fingerprint density at radius 1 is 1.45 bits per heavy atom. The Kier molecular flexibility index (Phi) is 6.66. The van der Waals surface area contributed by atoms with E-state index in [-0.39, 0.29) is 29.2 Å². The van der Waals surface area contributed by atoms with Crippen LogP contribution in [-0.2, 0) is 10.9 Å². The van der Waals surface area contributed by atoms with Crippen molar-refractivity contribution >= 4 is 11.8 Å². The molecule has 8 heteroatoms. The van der Waals surface area contributed by atoms with Crippen LogP contribution in [0.25, 0.3) is 0 Å². The number of ether oxygens (including phenoxy) is 1. The number of aliphatic hydroxyl groups is 1. The second kappa shape index (κ2) is 7.81. The molecule has 0 aliphatic rings. The summed E-state index contributed by atoms with van der Waals surface area (Å²) in [5, 5.41) is 18.7. The number of hydrogen-bond acceptors (Lipinski definition) is 5. The molecule has 4 nitrogen and oxygen atoms in total. The van der Waals surface area contributed by atoms with E-state index in [2.05, 4.69) is 4.98 Å². The number of nitrogens with zero attached hydrogens (tertiary/aromatic N) is 2. The first-order valence-corrected chi connectivity index (χ1v) is 7.55. The molecular weight excluding hydrogens is 317 g/mol. The Labute approximate surface area is 131 Å². The van der Waals surface area contributed by atoms with Crippen LogP contribution in [0.3, 0.4) is 0 Å². The molecule has 0 aromatic carbocycles. The van der Waals surface area contributed by atoms with Gasteiger partial charge in [-0.15, -0.1) is 11.8 Å². The minimum atomic E-state index is -4.62. The maximum absolute atomic E-state index is 12.9. The van der Waals surface area contributed by atoms with Crippen LogP contribution in [0.1, 0.15) is 30.7 Å². The molecule has 1 aromatic heterocycles. The van der Waals surface area contributed by atoms with E-state index in [1.54, 1.807) is 6.07 Å². The highest BCUT2D eigenvalue weighted by atomic mass is 32.2. The highest BCUT2D eigenvalue weighted by molar-refractivity contribution is 7.99. The van der Waals surface area contributed by atoms with Crippen molar-refractivity contribution in [3.8, 4) is 6.07 Å². The van der Waals surface area contributed by atoms with Gasteiger partial charge in [-0.3, -0.25) is 0 Å². The van der Waals surface area contributed by atoms with Crippen molar-refractivity contribution in [2.45, 2.75) is 44.2 Å². The number of aromatic nitrogens is 1. The van der Waals surface area contributed by atoms with Gasteiger partial charge in [-0.25, -0.2) is 4.98 Å². The second-order valence-electron chi connectivity index (χ2n) is 4.95. The lowest BCUT2D eigenvalue weighted by Crippen LogP contribution is -2.21. The Morgan fingerprint density at radius 2 is 2.09 bits per heavy atom. The fraction of sp³-hybridized carbons (Fsp3) is 0.571. The van der Waals surface area contributed by atoms with Crippen LogP contribution in [-0.4, -0.2) is 34.7 Å². The Balaban J connectivity index is 2.91. The van der Waals surface area contributed by atoms with Gasteiger partial charge in [-0.05, 0) is 26.8 Å². The van der Waals surface area contributed by atoms with Crippen molar-refractivity contribution in [1.82, 2.24) is 4.98 Å². The SMILES string of the molecule is Cc1cc(C(F)(F)F)c(C#N)c(SCC(O)COC(C)C)n1. The molecule has 1 rings (SSSR count). The van der Waals surface area contributed by atoms with E-state index in [0.29, 0.717) is 0 Å². The first-order valence-electron chi connectivity index (χ1n) is 6.56. The van der Waals surface area contributed by atoms with Crippen LogP contribution in [0.5, 0.6) is 0 Å². The molecular formula is C14H17F3N2O2S. The van der Waals surface area contributed by atoms with Gasteiger partial charge in [-0.2, -0.15) is 18.4 Å². The summed E-state index contributed by atoms with van der Waals surface area (Å²) in [6.45, 7) is 5.12. The maximum atomic E-state index is 12.9. The van der Waals surface area contributed by atoms with Gasteiger partial charge in [0, 0.05) is 11.4 Å². The zero-order valence-electron chi connectivity index (χ0n) is 12.4. The van der Waals surface area contributed by atoms with Crippen molar-refractivity contribution in [2.24, 2.45) is 0 Å². The van der Waals surface area contributed by atoms with E-state index >= 15 is 0 Å². The summed E-state index contributed by atoms with van der Waals surface area (Å²) in [5.41, 5.74) is -1.35. The number of aryl methyl sites for hydroxylation is 1. The lowest BCUT2D eigenvalue weighted by molar-refractivity contribution is -0.138. The van der Waals surface area contributed by atoms with Crippen LogP contribution in [0.2, 0.25) is 0 Å². The predicted octanol–water partition coefficient (Wildman–Crippen LogP) is 3.16. The number of rotatable bonds is 6. The van der Waals surface area contributed by atoms with E-state index in [9.17, 15) is 18.3 Å². The molecule has 0 amide bonds. The van der Waals surface area contributed by atoms with E-state index in [1.807, 2.05) is 13.8 Å². The van der Waals surface area contributed by atoms with Gasteiger partial charge in [0.05, 0.1) is 29.9 Å². The molecule has 0 saturated carbocycles. The van der Waals surface area contributed by atoms with Crippen LogP contribution in [0.15, 0.2) is 11.1 Å². The monoisotopic (exact) mass is 334 g/mol. The van der Waals surface area contributed by atoms with Gasteiger partial charge in [0.25, 0.3) is 0 Å². The molecule has 1 aromatic rings. The molecule has 122 valence electrons. The van der Waals surface area contributed by atoms with E-state index in [1.165, 1.54) is 6.92 Å². The highest BCUT2D eigenvalue weighted by Gasteiger charge is 2.35. The number of pyridine rings is 1. The molecule has 0 bridgehead atoms. The fourth-order valence-corrected chi connectivity index (χ4v) is 2.56. The number of nitriles is 1. The molecule has 0 aliphatic carbocycles. The topological polar surface area (TPSA) is 66.1 Å². The third-order valence-electron chi connectivity index (χ3n) is 2.57. The summed E-state index contributed by atoms with van der Waals surface area (Å²) in [6.07, 6.45) is -5.52. The molecule has 0 radical (unpaired) electrons. The van der Waals surface area contributed by atoms with Gasteiger partial charge in [0.1, 0.15) is 11.1 Å². The third kappa shape index (κ3) is 5.48. The lowest BCUT2D eigenvalue weighted by Gasteiger charge is -2.15. The Bertz CT molecular complexity index is 556. The van der Waals surface area contributed by atoms with Gasteiger partial charge < -0.3 is 9.84 Å². The van der Waals surface area contributed by atoms with Crippen molar-refractivity contribution in [1.29, 1.82) is 5.26 Å². The van der Waals surface area contributed by atoms with Gasteiger partial charge in [0.15, 0.2) is 0 Å². The van der Waals surface area contributed by atoms with E-state index in [4.69, 9.17) is 10.00 Å². The molecule has 0 saturated heterocycles. The zero-order chi connectivity index (χ0) is 16.9. The molecule has 1 heterocycles. The lowest BCUT2D eigenvalue weighted by atomic mass is 10.1. The maximum Gasteiger partial charge on any atom is 0.417 e. The van der Waals surface area contributed by atoms with E-state index < -0.39 is 23.4 Å². The number of hydrogen-bond donors (Lipinski definition) is 1. The summed E-state index contributed by atoms with van der Waals surface area (Å²) >= 11 is 0.912. The molecule has 0 spiro atoms. The van der Waals surface area contributed by atoms with Crippen molar-refractivity contribution < 1.29 is 23.0 Å². The second-order valence-corrected chi connectivity index (χ2v) is 5.96. The quantitative estimate of drug-likeness (QED) is 0.810. The standard InChI is InChI=1S/C14H17F3N2O2S/c1-8(2)21-6-10(20)7-22-13-11(5-18)12(14(15,16)17)4-9(3)19-13/h4,8,10,20H,6-7H2,1-3H3.